The van der Waals surface area contributed by atoms with Crippen molar-refractivity contribution in [1.29, 1.82) is 0 Å². The van der Waals surface area contributed by atoms with Crippen molar-refractivity contribution in [2.24, 2.45) is 0 Å². The highest BCUT2D eigenvalue weighted by Crippen LogP contribution is 2.14. The quantitative estimate of drug-likeness (QED) is 0.439. The number of hydrogen-bond donors (Lipinski definition) is 2. The molecule has 2 N–H and O–H groups in total. The number of amides is 2. The van der Waals surface area contributed by atoms with Crippen LogP contribution in [0.1, 0.15) is 20.8 Å². The molecular weight excluding hydrogens is 384 g/mol. The van der Waals surface area contributed by atoms with Gasteiger partial charge in [0, 0.05) is 10.4 Å². The van der Waals surface area contributed by atoms with Crippen LogP contribution in [0.3, 0.4) is 0 Å². The number of rotatable bonds is 8. The van der Waals surface area contributed by atoms with Crippen molar-refractivity contribution in [1.82, 2.24) is 10.6 Å². The molecule has 0 unspecified atom stereocenters. The summed E-state index contributed by atoms with van der Waals surface area (Å²) in [5, 5.41) is 7.46. The second-order valence-corrected chi connectivity index (χ2v) is 7.24. The molecule has 0 bridgehead atoms. The van der Waals surface area contributed by atoms with E-state index in [9.17, 15) is 9.59 Å². The van der Waals surface area contributed by atoms with Crippen molar-refractivity contribution in [2.45, 2.75) is 6.92 Å². The van der Waals surface area contributed by atoms with Crippen LogP contribution < -0.4 is 15.4 Å². The zero-order valence-corrected chi connectivity index (χ0v) is 16.9. The second kappa shape index (κ2) is 10.2. The Morgan fingerprint density at radius 2 is 1.76 bits per heavy atom. The zero-order valence-electron chi connectivity index (χ0n) is 16.1. The molecule has 5 nitrogen and oxygen atoms in total. The van der Waals surface area contributed by atoms with Crippen LogP contribution >= 0.6 is 11.3 Å². The van der Waals surface area contributed by atoms with E-state index in [-0.39, 0.29) is 17.5 Å². The van der Waals surface area contributed by atoms with Gasteiger partial charge >= 0.3 is 0 Å². The Morgan fingerprint density at radius 3 is 2.48 bits per heavy atom. The predicted octanol–water partition coefficient (Wildman–Crippen LogP) is 4.02. The molecule has 3 aromatic rings. The molecule has 2 aromatic carbocycles. The third-order valence-electron chi connectivity index (χ3n) is 4.11. The number of ether oxygens (including phenoxy) is 1. The van der Waals surface area contributed by atoms with Gasteiger partial charge in [0.1, 0.15) is 18.1 Å². The molecule has 0 atom stereocenters. The van der Waals surface area contributed by atoms with E-state index >= 15 is 0 Å². The summed E-state index contributed by atoms with van der Waals surface area (Å²) in [6.45, 7) is 2.50. The maximum Gasteiger partial charge on any atom is 0.267 e. The smallest absolute Gasteiger partial charge is 0.267 e. The van der Waals surface area contributed by atoms with Gasteiger partial charge < -0.3 is 15.4 Å². The Kier molecular flexibility index (Phi) is 7.19. The molecule has 1 aromatic heterocycles. The summed E-state index contributed by atoms with van der Waals surface area (Å²) in [5.74, 6) is 0.0579. The van der Waals surface area contributed by atoms with E-state index in [1.54, 1.807) is 18.2 Å². The molecule has 0 fully saturated rings. The van der Waals surface area contributed by atoms with Crippen LogP contribution in [-0.2, 0) is 4.79 Å². The standard InChI is InChI=1S/C23H22N2O3S/c1-17-8-5-6-12-20(17)22(26)25-21(16-19-11-7-15-29-19)23(27)24-13-14-28-18-9-3-2-4-10-18/h2-12,15-16H,13-14H2,1H3,(H,24,27)(H,25,26)/b21-16-. The Labute approximate surface area is 174 Å². The molecular formula is C23H22N2O3S. The van der Waals surface area contributed by atoms with Gasteiger partial charge in [-0.2, -0.15) is 0 Å². The van der Waals surface area contributed by atoms with E-state index < -0.39 is 0 Å². The van der Waals surface area contributed by atoms with Gasteiger partial charge in [-0.3, -0.25) is 9.59 Å². The van der Waals surface area contributed by atoms with Gasteiger partial charge in [0.05, 0.1) is 6.54 Å². The average molecular weight is 407 g/mol. The van der Waals surface area contributed by atoms with Crippen molar-refractivity contribution in [2.75, 3.05) is 13.2 Å². The fourth-order valence-electron chi connectivity index (χ4n) is 2.64. The summed E-state index contributed by atoms with van der Waals surface area (Å²) in [4.78, 5) is 26.2. The largest absolute Gasteiger partial charge is 0.492 e. The van der Waals surface area contributed by atoms with Crippen molar-refractivity contribution in [3.63, 3.8) is 0 Å². The highest BCUT2D eigenvalue weighted by atomic mass is 32.1. The minimum absolute atomic E-state index is 0.195. The summed E-state index contributed by atoms with van der Waals surface area (Å²) in [7, 11) is 0. The molecule has 0 radical (unpaired) electrons. The first kappa shape index (κ1) is 20.4. The van der Waals surface area contributed by atoms with E-state index in [1.165, 1.54) is 11.3 Å². The Morgan fingerprint density at radius 1 is 1.00 bits per heavy atom. The monoisotopic (exact) mass is 406 g/mol. The molecule has 29 heavy (non-hydrogen) atoms. The Balaban J connectivity index is 1.64. The molecule has 0 aliphatic rings. The van der Waals surface area contributed by atoms with Crippen molar-refractivity contribution < 1.29 is 14.3 Å². The van der Waals surface area contributed by atoms with Gasteiger partial charge in [-0.15, -0.1) is 11.3 Å². The summed E-state index contributed by atoms with van der Waals surface area (Å²) in [6.07, 6.45) is 1.67. The molecule has 0 saturated carbocycles. The molecule has 3 rings (SSSR count). The SMILES string of the molecule is Cc1ccccc1C(=O)N/C(=C\c1cccs1)C(=O)NCCOc1ccccc1. The minimum Gasteiger partial charge on any atom is -0.492 e. The molecule has 6 heteroatoms. The predicted molar refractivity (Wildman–Crippen MR) is 116 cm³/mol. The first-order chi connectivity index (χ1) is 14.1. The maximum atomic E-state index is 12.7. The fourth-order valence-corrected chi connectivity index (χ4v) is 3.29. The number of nitrogens with one attached hydrogen (secondary N) is 2. The number of carbonyl (C=O) groups is 2. The first-order valence-corrected chi connectivity index (χ1v) is 10.1. The van der Waals surface area contributed by atoms with Crippen LogP contribution in [0.25, 0.3) is 6.08 Å². The van der Waals surface area contributed by atoms with Gasteiger partial charge in [0.2, 0.25) is 0 Å². The molecule has 0 aliphatic heterocycles. The first-order valence-electron chi connectivity index (χ1n) is 9.22. The van der Waals surface area contributed by atoms with E-state index in [0.717, 1.165) is 16.2 Å². The lowest BCUT2D eigenvalue weighted by molar-refractivity contribution is -0.117. The molecule has 2 amide bonds. The Hall–Kier alpha value is -3.38. The van der Waals surface area contributed by atoms with E-state index in [1.807, 2.05) is 66.9 Å². The Bertz CT molecular complexity index is 982. The van der Waals surface area contributed by atoms with Crippen molar-refractivity contribution in [3.05, 3.63) is 93.8 Å². The van der Waals surface area contributed by atoms with Crippen LogP contribution in [0.4, 0.5) is 0 Å². The van der Waals surface area contributed by atoms with Crippen molar-refractivity contribution in [3.8, 4) is 5.75 Å². The lowest BCUT2D eigenvalue weighted by Gasteiger charge is -2.12. The van der Waals surface area contributed by atoms with E-state index in [2.05, 4.69) is 10.6 Å². The second-order valence-electron chi connectivity index (χ2n) is 6.26. The molecule has 0 aliphatic carbocycles. The number of para-hydroxylation sites is 1. The van der Waals surface area contributed by atoms with Gasteiger partial charge in [0.25, 0.3) is 11.8 Å². The number of thiophene rings is 1. The molecule has 1 heterocycles. The van der Waals surface area contributed by atoms with Gasteiger partial charge in [0.15, 0.2) is 0 Å². The summed E-state index contributed by atoms with van der Waals surface area (Å²) in [6, 6.07) is 20.4. The summed E-state index contributed by atoms with van der Waals surface area (Å²) < 4.78 is 5.59. The average Bonchev–Trinajstić information content (AvgIpc) is 3.25. The van der Waals surface area contributed by atoms with Gasteiger partial charge in [-0.1, -0.05) is 42.5 Å². The lowest BCUT2D eigenvalue weighted by Crippen LogP contribution is -2.36. The number of hydrogen-bond acceptors (Lipinski definition) is 4. The summed E-state index contributed by atoms with van der Waals surface area (Å²) >= 11 is 1.49. The zero-order chi connectivity index (χ0) is 20.5. The van der Waals surface area contributed by atoms with Crippen LogP contribution in [0.2, 0.25) is 0 Å². The highest BCUT2D eigenvalue weighted by Gasteiger charge is 2.16. The maximum absolute atomic E-state index is 12.7. The van der Waals surface area contributed by atoms with Crippen LogP contribution in [0, 0.1) is 6.92 Å². The molecule has 148 valence electrons. The third kappa shape index (κ3) is 6.05. The highest BCUT2D eigenvalue weighted by molar-refractivity contribution is 7.10. The minimum atomic E-state index is -0.364. The summed E-state index contributed by atoms with van der Waals surface area (Å²) in [5.41, 5.74) is 1.57. The normalized spacial score (nSPS) is 11.0. The van der Waals surface area contributed by atoms with Crippen LogP contribution in [0.5, 0.6) is 5.75 Å². The van der Waals surface area contributed by atoms with Gasteiger partial charge in [-0.05, 0) is 48.2 Å². The third-order valence-corrected chi connectivity index (χ3v) is 4.93. The van der Waals surface area contributed by atoms with E-state index in [4.69, 9.17) is 4.74 Å². The van der Waals surface area contributed by atoms with Gasteiger partial charge in [-0.25, -0.2) is 0 Å². The van der Waals surface area contributed by atoms with Crippen LogP contribution in [-0.4, -0.2) is 25.0 Å². The lowest BCUT2D eigenvalue weighted by atomic mass is 10.1. The number of aryl methyl sites for hydroxylation is 1. The van der Waals surface area contributed by atoms with E-state index in [0.29, 0.717) is 18.7 Å². The molecule has 0 spiro atoms. The number of carbonyl (C=O) groups excluding carboxylic acids is 2. The fraction of sp³-hybridized carbons (Fsp3) is 0.130. The van der Waals surface area contributed by atoms with Crippen molar-refractivity contribution >= 4 is 29.2 Å². The number of benzene rings is 2. The molecule has 0 saturated heterocycles. The van der Waals surface area contributed by atoms with Crippen LogP contribution in [0.15, 0.2) is 77.8 Å². The topological polar surface area (TPSA) is 67.4 Å².